The zero-order valence-electron chi connectivity index (χ0n) is 16.1. The summed E-state index contributed by atoms with van der Waals surface area (Å²) in [7, 11) is 0. The number of nitrogens with zero attached hydrogens (tertiary/aromatic N) is 3. The molecule has 1 aromatic carbocycles. The van der Waals surface area contributed by atoms with Gasteiger partial charge >= 0.3 is 6.18 Å². The summed E-state index contributed by atoms with van der Waals surface area (Å²) in [6, 6.07) is 5.88. The first-order valence-corrected chi connectivity index (χ1v) is 9.62. The summed E-state index contributed by atoms with van der Waals surface area (Å²) >= 11 is 5.69. The summed E-state index contributed by atoms with van der Waals surface area (Å²) < 4.78 is 52.6. The van der Waals surface area contributed by atoms with Crippen LogP contribution < -0.4 is 0 Å². The lowest BCUT2D eigenvalue weighted by Gasteiger charge is -2.38. The molecule has 0 unspecified atom stereocenters. The van der Waals surface area contributed by atoms with E-state index in [1.54, 1.807) is 12.1 Å². The maximum atomic E-state index is 13.0. The summed E-state index contributed by atoms with van der Waals surface area (Å²) in [6.45, 7) is 1.94. The van der Waals surface area contributed by atoms with E-state index < -0.39 is 28.4 Å². The Bertz CT molecular complexity index is 946. The van der Waals surface area contributed by atoms with Crippen LogP contribution in [0.5, 0.6) is 0 Å². The zero-order chi connectivity index (χ0) is 22.1. The van der Waals surface area contributed by atoms with E-state index in [0.717, 1.165) is 22.5 Å². The maximum absolute atomic E-state index is 13.0. The third-order valence-electron chi connectivity index (χ3n) is 5.16. The van der Waals surface area contributed by atoms with E-state index in [-0.39, 0.29) is 24.6 Å². The van der Waals surface area contributed by atoms with E-state index >= 15 is 0 Å². The van der Waals surface area contributed by atoms with Crippen molar-refractivity contribution in [2.24, 2.45) is 0 Å². The lowest BCUT2D eigenvalue weighted by Crippen LogP contribution is -2.47. The molecule has 0 atom stereocenters. The van der Waals surface area contributed by atoms with Crippen molar-refractivity contribution >= 4 is 23.7 Å². The Balaban J connectivity index is 1.61. The summed E-state index contributed by atoms with van der Waals surface area (Å²) in [5.41, 5.74) is -1.35. The summed E-state index contributed by atoms with van der Waals surface area (Å²) in [4.78, 5) is 13.9. The minimum Gasteiger partial charge on any atom is -0.389 e. The van der Waals surface area contributed by atoms with Crippen LogP contribution in [0.1, 0.15) is 29.8 Å². The lowest BCUT2D eigenvalue weighted by molar-refractivity contribution is -0.141. The molecule has 0 saturated carbocycles. The number of halogens is 5. The minimum absolute atomic E-state index is 0.0698. The molecule has 1 aliphatic heterocycles. The molecule has 2 heterocycles. The maximum Gasteiger partial charge on any atom is 0.436 e. The van der Waals surface area contributed by atoms with E-state index in [1.807, 2.05) is 0 Å². The molecule has 162 valence electrons. The van der Waals surface area contributed by atoms with Crippen LogP contribution >= 0.6 is 11.6 Å². The molecular weight excluding hydrogens is 426 g/mol. The summed E-state index contributed by atoms with van der Waals surface area (Å²) in [6.07, 6.45) is -1.42. The number of amides is 1. The second kappa shape index (κ2) is 8.39. The number of piperidine rings is 1. The smallest absolute Gasteiger partial charge is 0.389 e. The standard InChI is InChI=1S/C20H20ClF4N3O2/c1-13-17(21)18(20(23,24)25)26-28(13)9-6-16(29)27-10-7-19(30,8-11-27)12-14-2-4-15(22)5-3-14/h2-6,9,30H,7-8,10-12H2,1H3/b9-6+. The predicted octanol–water partition coefficient (Wildman–Crippen LogP) is 4.07. The van der Waals surface area contributed by atoms with Gasteiger partial charge < -0.3 is 10.0 Å². The third-order valence-corrected chi connectivity index (χ3v) is 5.61. The molecule has 0 bridgehead atoms. The fraction of sp³-hybridized carbons (Fsp3) is 0.400. The van der Waals surface area contributed by atoms with Crippen molar-refractivity contribution in [2.45, 2.75) is 38.0 Å². The quantitative estimate of drug-likeness (QED) is 0.570. The minimum atomic E-state index is -4.69. The molecule has 5 nitrogen and oxygen atoms in total. The third kappa shape index (κ3) is 5.02. The van der Waals surface area contributed by atoms with Gasteiger partial charge in [0.05, 0.1) is 16.3 Å². The van der Waals surface area contributed by atoms with E-state index in [0.29, 0.717) is 19.3 Å². The number of hydrogen-bond acceptors (Lipinski definition) is 3. The fourth-order valence-corrected chi connectivity index (χ4v) is 3.60. The van der Waals surface area contributed by atoms with Gasteiger partial charge in [-0.1, -0.05) is 23.7 Å². The topological polar surface area (TPSA) is 58.4 Å². The molecule has 1 aromatic heterocycles. The Labute approximate surface area is 175 Å². The number of alkyl halides is 3. The molecule has 1 fully saturated rings. The van der Waals surface area contributed by atoms with Gasteiger partial charge in [-0.05, 0) is 37.5 Å². The Morgan fingerprint density at radius 3 is 2.40 bits per heavy atom. The molecule has 1 aliphatic rings. The van der Waals surface area contributed by atoms with E-state index in [4.69, 9.17) is 11.6 Å². The molecule has 2 aromatic rings. The van der Waals surface area contributed by atoms with Crippen molar-refractivity contribution in [3.8, 4) is 0 Å². The highest BCUT2D eigenvalue weighted by Crippen LogP contribution is 2.35. The first-order valence-electron chi connectivity index (χ1n) is 9.24. The largest absolute Gasteiger partial charge is 0.436 e. The number of likely N-dealkylation sites (tertiary alicyclic amines) is 1. The summed E-state index contributed by atoms with van der Waals surface area (Å²) in [5.74, 6) is -0.757. The monoisotopic (exact) mass is 445 g/mol. The number of carbonyl (C=O) groups excluding carboxylic acids is 1. The molecule has 0 spiro atoms. The van der Waals surface area contributed by atoms with Crippen LogP contribution in [0.2, 0.25) is 5.02 Å². The lowest BCUT2D eigenvalue weighted by atomic mass is 9.85. The molecule has 30 heavy (non-hydrogen) atoms. The van der Waals surface area contributed by atoms with Crippen molar-refractivity contribution in [3.63, 3.8) is 0 Å². The van der Waals surface area contributed by atoms with Gasteiger partial charge in [0.2, 0.25) is 5.91 Å². The molecule has 1 N–H and O–H groups in total. The van der Waals surface area contributed by atoms with Gasteiger partial charge in [-0.3, -0.25) is 4.79 Å². The van der Waals surface area contributed by atoms with Crippen LogP contribution in [0.3, 0.4) is 0 Å². The highest BCUT2D eigenvalue weighted by atomic mass is 35.5. The van der Waals surface area contributed by atoms with E-state index in [9.17, 15) is 27.5 Å². The number of rotatable bonds is 4. The number of benzene rings is 1. The van der Waals surface area contributed by atoms with Crippen molar-refractivity contribution in [2.75, 3.05) is 13.1 Å². The van der Waals surface area contributed by atoms with Crippen molar-refractivity contribution < 1.29 is 27.5 Å². The zero-order valence-corrected chi connectivity index (χ0v) is 16.8. The highest BCUT2D eigenvalue weighted by molar-refractivity contribution is 6.32. The normalized spacial score (nSPS) is 17.0. The van der Waals surface area contributed by atoms with Gasteiger partial charge in [-0.15, -0.1) is 0 Å². The van der Waals surface area contributed by atoms with E-state index in [2.05, 4.69) is 5.10 Å². The number of hydrogen-bond donors (Lipinski definition) is 1. The second-order valence-corrected chi connectivity index (χ2v) is 7.74. The van der Waals surface area contributed by atoms with Gasteiger partial charge in [0.1, 0.15) is 5.82 Å². The van der Waals surface area contributed by atoms with E-state index in [1.165, 1.54) is 24.0 Å². The van der Waals surface area contributed by atoms with Gasteiger partial charge in [-0.25, -0.2) is 9.07 Å². The Hall–Kier alpha value is -2.39. The molecular formula is C20H20ClF4N3O2. The van der Waals surface area contributed by atoms with Crippen LogP contribution in [-0.4, -0.2) is 44.4 Å². The average molecular weight is 446 g/mol. The summed E-state index contributed by atoms with van der Waals surface area (Å²) in [5, 5.41) is 13.7. The van der Waals surface area contributed by atoms with Gasteiger partial charge in [0.15, 0.2) is 5.69 Å². The van der Waals surface area contributed by atoms with Crippen molar-refractivity contribution in [3.05, 3.63) is 58.1 Å². The molecule has 1 amide bonds. The van der Waals surface area contributed by atoms with Crippen molar-refractivity contribution in [1.82, 2.24) is 14.7 Å². The fourth-order valence-electron chi connectivity index (χ4n) is 3.37. The number of aromatic nitrogens is 2. The second-order valence-electron chi connectivity index (χ2n) is 7.36. The van der Waals surface area contributed by atoms with Crippen LogP contribution in [0.15, 0.2) is 30.3 Å². The Kier molecular flexibility index (Phi) is 6.24. The molecule has 10 heteroatoms. The first kappa shape index (κ1) is 22.3. The number of carbonyl (C=O) groups is 1. The molecule has 0 aliphatic carbocycles. The van der Waals surface area contributed by atoms with Crippen LogP contribution in [-0.2, 0) is 17.4 Å². The van der Waals surface area contributed by atoms with Crippen LogP contribution in [0, 0.1) is 12.7 Å². The van der Waals surface area contributed by atoms with Crippen molar-refractivity contribution in [1.29, 1.82) is 0 Å². The molecule has 3 rings (SSSR count). The highest BCUT2D eigenvalue weighted by Gasteiger charge is 2.38. The van der Waals surface area contributed by atoms with Gasteiger partial charge in [-0.2, -0.15) is 18.3 Å². The van der Waals surface area contributed by atoms with Crippen LogP contribution in [0.4, 0.5) is 17.6 Å². The van der Waals surface area contributed by atoms with Gasteiger partial charge in [0, 0.05) is 31.8 Å². The number of aliphatic hydroxyl groups is 1. The first-order chi connectivity index (χ1) is 14.0. The average Bonchev–Trinajstić information content (AvgIpc) is 2.97. The van der Waals surface area contributed by atoms with Crippen LogP contribution in [0.25, 0.3) is 6.20 Å². The molecule has 0 radical (unpaired) electrons. The van der Waals surface area contributed by atoms with Gasteiger partial charge in [0.25, 0.3) is 0 Å². The Morgan fingerprint density at radius 2 is 1.87 bits per heavy atom. The predicted molar refractivity (Wildman–Crippen MR) is 103 cm³/mol. The Morgan fingerprint density at radius 1 is 1.27 bits per heavy atom. The SMILES string of the molecule is Cc1c(Cl)c(C(F)(F)F)nn1/C=C/C(=O)N1CCC(O)(Cc2ccc(F)cc2)CC1. The molecule has 1 saturated heterocycles.